The van der Waals surface area contributed by atoms with Gasteiger partial charge in [0.25, 0.3) is 0 Å². The van der Waals surface area contributed by atoms with Crippen LogP contribution >= 0.6 is 19.6 Å². The fourth-order valence-electron chi connectivity index (χ4n) is 7.75. The van der Waals surface area contributed by atoms with E-state index in [1.807, 2.05) is 11.8 Å². The summed E-state index contributed by atoms with van der Waals surface area (Å²) in [7, 11) is -4.76. The molecule has 8 N–H and O–H groups in total. The summed E-state index contributed by atoms with van der Waals surface area (Å²) in [6.07, 6.45) is 29.6. The van der Waals surface area contributed by atoms with Gasteiger partial charge in [-0.15, -0.1) is 0 Å². The Bertz CT molecular complexity index is 1410. The standard InChI is InChI=1S/C46H83N4O12PS/c1-2-3-4-5-6-7-8-9-10-11-12-13-17-20-23-30-42(52)59-32-36(33-60-63(57,58)61-34-38(48)45(54)55)62-43(53)31-24-21-18-15-14-16-19-22-27-37(47)40(51)28-25-26-29-41-44-39(35-64-41)49-46(56)50-44/h9-10,36-39,41,44H,2-8,11-35,47-48H2,1H3,(H,54,55)(H,57,58)(H2,49,50,56)/b10-9-/t36?,37?,38?,39-,41-,44-/m0/s1. The molecule has 2 aliphatic rings. The van der Waals surface area contributed by atoms with Crippen LogP contribution in [0.3, 0.4) is 0 Å². The number of unbranched alkanes of at least 4 members (excludes halogenated alkanes) is 19. The Kier molecular flexibility index (Phi) is 32.1. The number of nitrogens with two attached hydrogens (primary N) is 2. The zero-order valence-electron chi connectivity index (χ0n) is 38.7. The van der Waals surface area contributed by atoms with Crippen molar-refractivity contribution in [3.8, 4) is 0 Å². The molecule has 0 saturated carbocycles. The molecule has 0 spiro atoms. The number of nitrogens with one attached hydrogen (secondary N) is 2. The number of carbonyl (C=O) groups excluding carboxylic acids is 4. The molecule has 16 nitrogen and oxygen atoms in total. The zero-order valence-corrected chi connectivity index (χ0v) is 40.4. The number of rotatable bonds is 42. The third-order valence-corrected chi connectivity index (χ3v) is 14.1. The number of hydrogen-bond acceptors (Lipinski definition) is 13. The van der Waals surface area contributed by atoms with Gasteiger partial charge in [-0.25, -0.2) is 9.36 Å². The average molecular weight is 947 g/mol. The number of fused-ring (bicyclic) bond motifs is 1. The lowest BCUT2D eigenvalue weighted by Gasteiger charge is -2.20. The number of carboxylic acid groups (broad SMARTS) is 1. The van der Waals surface area contributed by atoms with Crippen molar-refractivity contribution in [2.24, 2.45) is 11.5 Å². The first-order chi connectivity index (χ1) is 30.8. The molecular formula is C46H83N4O12PS. The molecule has 0 aromatic heterocycles. The largest absolute Gasteiger partial charge is 0.480 e. The number of ketones is 1. The van der Waals surface area contributed by atoms with Crippen molar-refractivity contribution in [2.75, 3.05) is 25.6 Å². The van der Waals surface area contributed by atoms with Crippen LogP contribution in [0.5, 0.6) is 0 Å². The maximum absolute atomic E-state index is 12.7. The monoisotopic (exact) mass is 947 g/mol. The van der Waals surface area contributed by atoms with E-state index in [-0.39, 0.29) is 43.3 Å². The highest BCUT2D eigenvalue weighted by Crippen LogP contribution is 2.43. The summed E-state index contributed by atoms with van der Waals surface area (Å²) >= 11 is 1.89. The molecule has 0 radical (unpaired) electrons. The van der Waals surface area contributed by atoms with E-state index in [0.29, 0.717) is 30.9 Å². The molecule has 2 rings (SSSR count). The van der Waals surface area contributed by atoms with Crippen molar-refractivity contribution in [3.05, 3.63) is 12.2 Å². The van der Waals surface area contributed by atoms with E-state index >= 15 is 0 Å². The number of ether oxygens (including phenoxy) is 2. The van der Waals surface area contributed by atoms with Gasteiger partial charge in [-0.3, -0.25) is 28.2 Å². The van der Waals surface area contributed by atoms with Crippen molar-refractivity contribution >= 4 is 49.3 Å². The molecule has 64 heavy (non-hydrogen) atoms. The number of hydrogen-bond donors (Lipinski definition) is 6. The Morgan fingerprint density at radius 3 is 1.89 bits per heavy atom. The van der Waals surface area contributed by atoms with Crippen LogP contribution in [0.4, 0.5) is 4.79 Å². The van der Waals surface area contributed by atoms with Crippen LogP contribution in [-0.4, -0.2) is 101 Å². The number of carboxylic acids is 1. The third-order valence-electron chi connectivity index (χ3n) is 11.7. The summed E-state index contributed by atoms with van der Waals surface area (Å²) in [4.78, 5) is 70.3. The highest BCUT2D eigenvalue weighted by atomic mass is 32.2. The Morgan fingerprint density at radius 2 is 1.27 bits per heavy atom. The summed E-state index contributed by atoms with van der Waals surface area (Å²) in [5.41, 5.74) is 11.5. The lowest BCUT2D eigenvalue weighted by Crippen LogP contribution is -2.36. The number of phosphoric acid groups is 1. The Balaban J connectivity index is 1.56. The molecule has 18 heteroatoms. The number of thioether (sulfide) groups is 1. The fourth-order valence-corrected chi connectivity index (χ4v) is 10.1. The molecule has 7 atom stereocenters. The number of aliphatic carboxylic acids is 1. The van der Waals surface area contributed by atoms with Gasteiger partial charge in [-0.1, -0.05) is 122 Å². The van der Waals surface area contributed by atoms with E-state index in [1.165, 1.54) is 38.5 Å². The Morgan fingerprint density at radius 1 is 0.719 bits per heavy atom. The van der Waals surface area contributed by atoms with Crippen LogP contribution in [0.2, 0.25) is 0 Å². The first-order valence-corrected chi connectivity index (χ1v) is 26.9. The van der Waals surface area contributed by atoms with Gasteiger partial charge >= 0.3 is 31.8 Å². The average Bonchev–Trinajstić information content (AvgIpc) is 3.82. The number of urea groups is 1. The lowest BCUT2D eigenvalue weighted by atomic mass is 9.98. The summed E-state index contributed by atoms with van der Waals surface area (Å²) in [6, 6.07) is -1.65. The molecule has 0 aromatic rings. The molecule has 2 amide bonds. The van der Waals surface area contributed by atoms with Crippen LogP contribution in [0, 0.1) is 0 Å². The Labute approximate surface area is 387 Å². The van der Waals surface area contributed by atoms with E-state index in [2.05, 4.69) is 34.2 Å². The van der Waals surface area contributed by atoms with Gasteiger partial charge in [0.05, 0.1) is 31.3 Å². The minimum Gasteiger partial charge on any atom is -0.480 e. The van der Waals surface area contributed by atoms with Gasteiger partial charge in [0, 0.05) is 30.3 Å². The summed E-state index contributed by atoms with van der Waals surface area (Å²) in [6.45, 7) is 0.446. The van der Waals surface area contributed by atoms with Crippen LogP contribution in [-0.2, 0) is 42.3 Å². The van der Waals surface area contributed by atoms with Gasteiger partial charge < -0.3 is 41.6 Å². The maximum Gasteiger partial charge on any atom is 0.472 e. The molecule has 0 aliphatic carbocycles. The zero-order chi connectivity index (χ0) is 46.8. The van der Waals surface area contributed by atoms with Crippen LogP contribution < -0.4 is 22.1 Å². The van der Waals surface area contributed by atoms with Gasteiger partial charge in [0.1, 0.15) is 18.4 Å². The van der Waals surface area contributed by atoms with E-state index in [0.717, 1.165) is 108 Å². The SMILES string of the molecule is CCCCCCCC/C=C\CCCCCCCC(=O)OCC(COP(=O)(O)OCC(N)C(=O)O)OC(=O)CCCCCCCCCCC(N)C(=O)CCCC[C@@H]1SC[C@@H]2NC(=O)N[C@@H]21. The quantitative estimate of drug-likeness (QED) is 0.0110. The fraction of sp³-hybridized carbons (Fsp3) is 0.848. The maximum atomic E-state index is 12.7. The van der Waals surface area contributed by atoms with Gasteiger partial charge in [0.2, 0.25) is 0 Å². The molecule has 0 aromatic carbocycles. The molecule has 370 valence electrons. The Hall–Kier alpha value is -2.53. The molecule has 2 heterocycles. The smallest absolute Gasteiger partial charge is 0.472 e. The summed E-state index contributed by atoms with van der Waals surface area (Å²) in [5, 5.41) is 15.3. The number of Topliss-reactive ketones (excluding diaryl/α,β-unsaturated/α-hetero) is 1. The highest BCUT2D eigenvalue weighted by Gasteiger charge is 2.42. The van der Waals surface area contributed by atoms with E-state index in [4.69, 9.17) is 30.6 Å². The molecule has 2 saturated heterocycles. The molecule has 0 bridgehead atoms. The predicted molar refractivity (Wildman–Crippen MR) is 251 cm³/mol. The minimum atomic E-state index is -4.76. The first-order valence-electron chi connectivity index (χ1n) is 24.4. The number of esters is 2. The number of carbonyl (C=O) groups is 5. The van der Waals surface area contributed by atoms with Crippen molar-refractivity contribution in [1.82, 2.24) is 10.6 Å². The van der Waals surface area contributed by atoms with Crippen molar-refractivity contribution in [3.63, 3.8) is 0 Å². The molecule has 2 aliphatic heterocycles. The van der Waals surface area contributed by atoms with Crippen LogP contribution in [0.25, 0.3) is 0 Å². The van der Waals surface area contributed by atoms with E-state index < -0.39 is 57.1 Å². The van der Waals surface area contributed by atoms with Crippen molar-refractivity contribution in [1.29, 1.82) is 0 Å². The van der Waals surface area contributed by atoms with Crippen LogP contribution in [0.1, 0.15) is 187 Å². The van der Waals surface area contributed by atoms with Gasteiger partial charge in [-0.05, 0) is 57.8 Å². The second kappa shape index (κ2) is 35.6. The minimum absolute atomic E-state index is 0.0809. The second-order valence-corrected chi connectivity index (χ2v) is 20.2. The van der Waals surface area contributed by atoms with Gasteiger partial charge in [0.15, 0.2) is 6.10 Å². The van der Waals surface area contributed by atoms with E-state index in [9.17, 15) is 33.4 Å². The topological polar surface area (TPSA) is 256 Å². The predicted octanol–water partition coefficient (Wildman–Crippen LogP) is 8.55. The highest BCUT2D eigenvalue weighted by molar-refractivity contribution is 8.00. The summed E-state index contributed by atoms with van der Waals surface area (Å²) in [5.74, 6) is -1.42. The van der Waals surface area contributed by atoms with E-state index in [1.54, 1.807) is 0 Å². The number of allylic oxidation sites excluding steroid dienone is 2. The van der Waals surface area contributed by atoms with Crippen molar-refractivity contribution in [2.45, 2.75) is 222 Å². The molecule has 4 unspecified atom stereocenters. The van der Waals surface area contributed by atoms with Crippen molar-refractivity contribution < 1.29 is 57.1 Å². The van der Waals surface area contributed by atoms with Crippen LogP contribution in [0.15, 0.2) is 12.2 Å². The number of phosphoric ester groups is 1. The van der Waals surface area contributed by atoms with Gasteiger partial charge in [-0.2, -0.15) is 11.8 Å². The first kappa shape index (κ1) is 57.6. The molecule has 2 fully saturated rings. The third kappa shape index (κ3) is 28.5. The molecular weight excluding hydrogens is 864 g/mol. The number of amides is 2. The second-order valence-electron chi connectivity index (χ2n) is 17.4. The lowest BCUT2D eigenvalue weighted by molar-refractivity contribution is -0.161. The normalized spacial score (nSPS) is 19.4. The summed E-state index contributed by atoms with van der Waals surface area (Å²) < 4.78 is 32.8.